The molecule has 0 atom stereocenters. The molecule has 0 bridgehead atoms. The van der Waals surface area contributed by atoms with Gasteiger partial charge in [-0.2, -0.15) is 0 Å². The average molecular weight is 197 g/mol. The van der Waals surface area contributed by atoms with Crippen molar-refractivity contribution in [3.63, 3.8) is 0 Å². The topological polar surface area (TPSA) is 147 Å². The maximum absolute atomic E-state index is 8.63. The third kappa shape index (κ3) is 1100. The van der Waals surface area contributed by atoms with Gasteiger partial charge in [-0.25, -0.2) is 8.42 Å². The molecule has 0 aliphatic rings. The second kappa shape index (κ2) is 7.41. The maximum atomic E-state index is 8.63. The predicted octanol–water partition coefficient (Wildman–Crippen LogP) is -0.674. The monoisotopic (exact) mass is 195 g/mol. The van der Waals surface area contributed by atoms with Crippen molar-refractivity contribution < 1.29 is 37.0 Å². The molecule has 0 fully saturated rings. The molecule has 0 saturated carbocycles. The van der Waals surface area contributed by atoms with E-state index >= 15 is 0 Å². The summed E-state index contributed by atoms with van der Waals surface area (Å²) < 4.78 is 32.8. The van der Waals surface area contributed by atoms with Crippen molar-refractivity contribution in [1.82, 2.24) is 12.3 Å². The molecule has 8 heavy (non-hydrogen) atoms. The van der Waals surface area contributed by atoms with Gasteiger partial charge in [-0.1, -0.05) is 0 Å². The van der Waals surface area contributed by atoms with Gasteiger partial charge in [-0.15, -0.1) is 0 Å². The van der Waals surface area contributed by atoms with Crippen LogP contribution in [-0.2, 0) is 29.9 Å². The maximum Gasteiger partial charge on any atom is 1.00 e. The third-order valence-electron chi connectivity index (χ3n) is 0. The van der Waals surface area contributed by atoms with Crippen molar-refractivity contribution in [2.75, 3.05) is 0 Å². The van der Waals surface area contributed by atoms with Crippen LogP contribution in [0.3, 0.4) is 0 Å². The van der Waals surface area contributed by atoms with Crippen LogP contribution in [0.25, 0.3) is 0 Å². The summed E-state index contributed by atoms with van der Waals surface area (Å²) in [5, 5.41) is 0. The Hall–Kier alpha value is 0.413. The van der Waals surface area contributed by atoms with E-state index in [0.29, 0.717) is 0 Å². The quantitative estimate of drug-likeness (QED) is 0.266. The van der Waals surface area contributed by atoms with E-state index in [-0.39, 0.29) is 31.8 Å². The van der Waals surface area contributed by atoms with Crippen LogP contribution in [0.4, 0.5) is 0 Å². The first-order valence-corrected chi connectivity index (χ1v) is 2.05. The number of hydrogen-bond acceptors (Lipinski definition) is 5. The Morgan fingerprint density at radius 1 is 1.25 bits per heavy atom. The first kappa shape index (κ1) is 23.7. The summed E-state index contributed by atoms with van der Waals surface area (Å²) in [6, 6.07) is 0. The fourth-order valence-electron chi connectivity index (χ4n) is 0. The molecule has 0 aromatic carbocycles. The minimum Gasteiger partial charge on any atom is -0.726 e. The van der Waals surface area contributed by atoms with E-state index in [0.717, 1.165) is 0 Å². The van der Waals surface area contributed by atoms with Crippen LogP contribution in [0, 0.1) is 0 Å². The largest absolute Gasteiger partial charge is 1.00 e. The van der Waals surface area contributed by atoms with E-state index in [9.17, 15) is 0 Å². The summed E-state index contributed by atoms with van der Waals surface area (Å²) in [7, 11) is -4.92. The summed E-state index contributed by atoms with van der Waals surface area (Å²) in [5.74, 6) is 0. The van der Waals surface area contributed by atoms with Gasteiger partial charge in [0, 0.05) is 0 Å². The molecule has 0 unspecified atom stereocenters. The Morgan fingerprint density at radius 3 is 1.25 bits per heavy atom. The second-order valence-corrected chi connectivity index (χ2v) is 1.28. The van der Waals surface area contributed by atoms with Crippen LogP contribution >= 0.6 is 0 Å². The molecule has 0 aliphatic carbocycles. The number of hydrogen-bond donors (Lipinski definition) is 3. The summed E-state index contributed by atoms with van der Waals surface area (Å²) in [6.45, 7) is 0. The van der Waals surface area contributed by atoms with Gasteiger partial charge in [0.05, 0.1) is 0 Å². The second-order valence-electron chi connectivity index (χ2n) is 0.428. The molecular formula is H7N2O4SZn. The minimum absolute atomic E-state index is 0. The van der Waals surface area contributed by atoms with Crippen LogP contribution in [0.2, 0.25) is 0 Å². The zero-order chi connectivity index (χ0) is 4.50. The van der Waals surface area contributed by atoms with Gasteiger partial charge in [0.25, 0.3) is 0 Å². The smallest absolute Gasteiger partial charge is 0.726 e. The fraction of sp³-hybridized carbons (Fsp3) is 0. The van der Waals surface area contributed by atoms with Crippen LogP contribution in [-0.4, -0.2) is 17.5 Å². The van der Waals surface area contributed by atoms with Gasteiger partial charge in [0.2, 0.25) is 10.4 Å². The van der Waals surface area contributed by atoms with E-state index < -0.39 is 10.4 Å². The standard InChI is InChI=1S/2H3N.H2O4S.Zn/c;;1-5(2,3)4;/h2*1H3;(H2,1,2,3,4);/q;;;+1/p-1. The molecule has 0 aliphatic heterocycles. The molecule has 8 heteroatoms. The molecule has 0 amide bonds. The summed E-state index contributed by atoms with van der Waals surface area (Å²) in [4.78, 5) is 0. The Labute approximate surface area is 60.2 Å². The minimum atomic E-state index is -4.92. The molecule has 49 valence electrons. The van der Waals surface area contributed by atoms with Gasteiger partial charge in [-0.05, 0) is 0 Å². The molecule has 0 aromatic heterocycles. The molecule has 7 N–H and O–H groups in total. The van der Waals surface area contributed by atoms with Crippen molar-refractivity contribution in [1.29, 1.82) is 0 Å². The summed E-state index contributed by atoms with van der Waals surface area (Å²) in [5.41, 5.74) is 0. The van der Waals surface area contributed by atoms with Gasteiger partial charge in [-0.3, -0.25) is 4.55 Å². The van der Waals surface area contributed by atoms with Crippen molar-refractivity contribution >= 4 is 10.4 Å². The molecule has 1 radical (unpaired) electrons. The molecular weight excluding hydrogens is 189 g/mol. The van der Waals surface area contributed by atoms with E-state index in [1.165, 1.54) is 0 Å². The third-order valence-corrected chi connectivity index (χ3v) is 0. The van der Waals surface area contributed by atoms with E-state index in [1.807, 2.05) is 0 Å². The number of rotatable bonds is 0. The van der Waals surface area contributed by atoms with Crippen molar-refractivity contribution in [3.8, 4) is 0 Å². The van der Waals surface area contributed by atoms with Gasteiger partial charge >= 0.3 is 19.5 Å². The van der Waals surface area contributed by atoms with Crippen molar-refractivity contribution in [2.45, 2.75) is 0 Å². The van der Waals surface area contributed by atoms with Crippen LogP contribution in [0.1, 0.15) is 0 Å². The van der Waals surface area contributed by atoms with E-state index in [1.54, 1.807) is 0 Å². The normalized spacial score (nSPS) is 7.25. The van der Waals surface area contributed by atoms with Crippen LogP contribution < -0.4 is 12.3 Å². The zero-order valence-electron chi connectivity index (χ0n) is 4.20. The molecule has 0 spiro atoms. The Kier molecular flexibility index (Phi) is 22.0. The van der Waals surface area contributed by atoms with Crippen molar-refractivity contribution in [2.24, 2.45) is 0 Å². The van der Waals surface area contributed by atoms with Gasteiger partial charge in [0.1, 0.15) is 0 Å². The molecule has 0 heterocycles. The first-order chi connectivity index (χ1) is 2.00. The molecule has 0 aromatic rings. The van der Waals surface area contributed by atoms with E-state index in [4.69, 9.17) is 17.5 Å². The van der Waals surface area contributed by atoms with E-state index in [2.05, 4.69) is 0 Å². The van der Waals surface area contributed by atoms with Crippen LogP contribution in [0.15, 0.2) is 0 Å². The Morgan fingerprint density at radius 2 is 1.25 bits per heavy atom. The zero-order valence-corrected chi connectivity index (χ0v) is 7.99. The molecule has 0 rings (SSSR count). The average Bonchev–Trinajstić information content (AvgIpc) is 0.722. The van der Waals surface area contributed by atoms with Crippen LogP contribution in [0.5, 0.6) is 0 Å². The Bertz CT molecular complexity index is 97.2. The van der Waals surface area contributed by atoms with Gasteiger partial charge < -0.3 is 16.9 Å². The summed E-state index contributed by atoms with van der Waals surface area (Å²) in [6.07, 6.45) is 0. The van der Waals surface area contributed by atoms with Gasteiger partial charge in [0.15, 0.2) is 0 Å². The fourth-order valence-corrected chi connectivity index (χ4v) is 0. The first-order valence-electron chi connectivity index (χ1n) is 0.683. The summed E-state index contributed by atoms with van der Waals surface area (Å²) >= 11 is 0. The van der Waals surface area contributed by atoms with Crippen molar-refractivity contribution in [3.05, 3.63) is 0 Å². The molecule has 6 nitrogen and oxygen atoms in total. The molecule has 0 saturated heterocycles. The SMILES string of the molecule is N.N.O=S(=O)([O-])O.[Zn+]. The Balaban J connectivity index is -0.0000000267. The predicted molar refractivity (Wildman–Crippen MR) is 22.4 cm³/mol.